The topological polar surface area (TPSA) is 240 Å². The Kier molecular flexibility index (Phi) is 12.0. The Bertz CT molecular complexity index is 862. The Morgan fingerprint density at radius 2 is 1.59 bits per heavy atom. The van der Waals surface area contributed by atoms with Crippen molar-refractivity contribution in [2.75, 3.05) is 13.1 Å². The van der Waals surface area contributed by atoms with E-state index in [-0.39, 0.29) is 12.2 Å². The summed E-state index contributed by atoms with van der Waals surface area (Å²) in [6.45, 7) is -0.0421. The number of primary amides is 1. The fourth-order valence-electron chi connectivity index (χ4n) is 2.93. The van der Waals surface area contributed by atoms with Gasteiger partial charge in [-0.3, -0.25) is 19.2 Å². The predicted octanol–water partition coefficient (Wildman–Crippen LogP) is -2.56. The number of carboxylic acid groups (broad SMARTS) is 1. The molecule has 0 saturated heterocycles. The lowest BCUT2D eigenvalue weighted by Crippen LogP contribution is -2.55. The molecule has 4 amide bonds. The van der Waals surface area contributed by atoms with Crippen LogP contribution < -0.4 is 33.2 Å². The van der Waals surface area contributed by atoms with Crippen molar-refractivity contribution in [1.82, 2.24) is 16.0 Å². The van der Waals surface area contributed by atoms with Crippen LogP contribution in [0.3, 0.4) is 0 Å². The minimum atomic E-state index is -1.46. The summed E-state index contributed by atoms with van der Waals surface area (Å²) in [6.07, 6.45) is 1.03. The van der Waals surface area contributed by atoms with E-state index in [1.807, 2.05) is 0 Å². The van der Waals surface area contributed by atoms with Crippen molar-refractivity contribution >= 4 is 29.6 Å². The summed E-state index contributed by atoms with van der Waals surface area (Å²) in [7, 11) is 0. The number of unbranched alkanes of at least 4 members (excludes halogenated alkanes) is 1. The highest BCUT2D eigenvalue weighted by atomic mass is 16.4. The summed E-state index contributed by atoms with van der Waals surface area (Å²) in [5.41, 5.74) is 16.8. The van der Waals surface area contributed by atoms with Crippen LogP contribution in [-0.4, -0.2) is 71.0 Å². The van der Waals surface area contributed by atoms with Crippen LogP contribution in [0.5, 0.6) is 5.75 Å². The largest absolute Gasteiger partial charge is 0.508 e. The first-order chi connectivity index (χ1) is 16.0. The summed E-state index contributed by atoms with van der Waals surface area (Å²) in [6, 6.07) is 2.04. The van der Waals surface area contributed by atoms with Crippen molar-refractivity contribution in [3.63, 3.8) is 0 Å². The van der Waals surface area contributed by atoms with Gasteiger partial charge in [0.25, 0.3) is 0 Å². The van der Waals surface area contributed by atoms with E-state index in [4.69, 9.17) is 17.2 Å². The van der Waals surface area contributed by atoms with Crippen molar-refractivity contribution in [2.45, 2.75) is 50.2 Å². The molecular formula is C21H32N6O7. The highest BCUT2D eigenvalue weighted by molar-refractivity contribution is 5.95. The molecule has 13 nitrogen and oxygen atoms in total. The summed E-state index contributed by atoms with van der Waals surface area (Å²) < 4.78 is 0. The molecule has 0 fully saturated rings. The molecule has 0 aliphatic rings. The fraction of sp³-hybridized carbons (Fsp3) is 0.476. The van der Waals surface area contributed by atoms with Gasteiger partial charge in [-0.15, -0.1) is 0 Å². The van der Waals surface area contributed by atoms with Crippen LogP contribution in [0, 0.1) is 0 Å². The molecule has 3 unspecified atom stereocenters. The highest BCUT2D eigenvalue weighted by Crippen LogP contribution is 2.11. The molecule has 0 spiro atoms. The van der Waals surface area contributed by atoms with E-state index in [1.54, 1.807) is 0 Å². The number of rotatable bonds is 15. The van der Waals surface area contributed by atoms with Crippen LogP contribution >= 0.6 is 0 Å². The first kappa shape index (κ1) is 28.3. The Balaban J connectivity index is 2.71. The lowest BCUT2D eigenvalue weighted by molar-refractivity contribution is -0.142. The maximum Gasteiger partial charge on any atom is 0.326 e. The lowest BCUT2D eigenvalue weighted by Gasteiger charge is -2.21. The molecule has 13 heteroatoms. The smallest absolute Gasteiger partial charge is 0.326 e. The van der Waals surface area contributed by atoms with Gasteiger partial charge in [0.15, 0.2) is 0 Å². The molecule has 0 aliphatic heterocycles. The average molecular weight is 481 g/mol. The number of nitrogens with two attached hydrogens (primary N) is 3. The lowest BCUT2D eigenvalue weighted by atomic mass is 10.0. The van der Waals surface area contributed by atoms with E-state index >= 15 is 0 Å². The van der Waals surface area contributed by atoms with Gasteiger partial charge in [0.1, 0.15) is 17.8 Å². The van der Waals surface area contributed by atoms with Gasteiger partial charge in [0.05, 0.1) is 19.0 Å². The van der Waals surface area contributed by atoms with Gasteiger partial charge in [0, 0.05) is 6.42 Å². The van der Waals surface area contributed by atoms with Gasteiger partial charge in [-0.05, 0) is 37.1 Å². The van der Waals surface area contributed by atoms with E-state index in [9.17, 15) is 34.2 Å². The van der Waals surface area contributed by atoms with Gasteiger partial charge < -0.3 is 43.4 Å². The fourth-order valence-corrected chi connectivity index (χ4v) is 2.93. The quantitative estimate of drug-likeness (QED) is 0.123. The minimum absolute atomic E-state index is 0.00694. The Morgan fingerprint density at radius 3 is 2.15 bits per heavy atom. The number of phenolic OH excluding ortho intramolecular Hbond substituents is 1. The highest BCUT2D eigenvalue weighted by Gasteiger charge is 2.28. The molecule has 1 aromatic rings. The predicted molar refractivity (Wildman–Crippen MR) is 121 cm³/mol. The minimum Gasteiger partial charge on any atom is -0.508 e. The number of carbonyl (C=O) groups is 5. The van der Waals surface area contributed by atoms with E-state index in [0.29, 0.717) is 31.4 Å². The maximum absolute atomic E-state index is 12.6. The van der Waals surface area contributed by atoms with Gasteiger partial charge in [-0.2, -0.15) is 0 Å². The number of aromatic hydroxyl groups is 1. The third kappa shape index (κ3) is 10.7. The molecule has 0 radical (unpaired) electrons. The van der Waals surface area contributed by atoms with Crippen molar-refractivity contribution < 1.29 is 34.2 Å². The number of hydrogen-bond acceptors (Lipinski definition) is 8. The molecule has 0 heterocycles. The van der Waals surface area contributed by atoms with Gasteiger partial charge in [-0.25, -0.2) is 4.79 Å². The second-order valence-electron chi connectivity index (χ2n) is 7.67. The van der Waals surface area contributed by atoms with Gasteiger partial charge in [0.2, 0.25) is 23.6 Å². The summed E-state index contributed by atoms with van der Waals surface area (Å²) in [5.74, 6) is -4.56. The van der Waals surface area contributed by atoms with Crippen molar-refractivity contribution in [3.05, 3.63) is 29.8 Å². The van der Waals surface area contributed by atoms with Crippen LogP contribution in [0.15, 0.2) is 24.3 Å². The average Bonchev–Trinajstić information content (AvgIpc) is 2.77. The zero-order valence-corrected chi connectivity index (χ0v) is 18.7. The molecular weight excluding hydrogens is 448 g/mol. The van der Waals surface area contributed by atoms with Crippen LogP contribution in [0.4, 0.5) is 0 Å². The van der Waals surface area contributed by atoms with E-state index in [2.05, 4.69) is 16.0 Å². The normalized spacial score (nSPS) is 13.2. The maximum atomic E-state index is 12.6. The van der Waals surface area contributed by atoms with Gasteiger partial charge >= 0.3 is 5.97 Å². The molecule has 0 aliphatic carbocycles. The molecule has 1 aromatic carbocycles. The number of benzene rings is 1. The molecule has 0 aromatic heterocycles. The third-order valence-corrected chi connectivity index (χ3v) is 4.78. The first-order valence-electron chi connectivity index (χ1n) is 10.7. The first-order valence-corrected chi connectivity index (χ1v) is 10.7. The SMILES string of the molecule is NCCCCC(N)C(=O)NCC(=O)NC(CC(N)=O)C(=O)NC(Cc1ccc(O)cc1)C(=O)O. The zero-order valence-electron chi connectivity index (χ0n) is 18.7. The molecule has 3 atom stereocenters. The summed E-state index contributed by atoms with van der Waals surface area (Å²) in [5, 5.41) is 25.6. The number of nitrogens with one attached hydrogen (secondary N) is 3. The number of aliphatic carboxylic acids is 1. The van der Waals surface area contributed by atoms with E-state index in [1.165, 1.54) is 24.3 Å². The second-order valence-corrected chi connectivity index (χ2v) is 7.67. The molecule has 188 valence electrons. The van der Waals surface area contributed by atoms with Crippen molar-refractivity contribution in [3.8, 4) is 5.75 Å². The number of hydrogen-bond donors (Lipinski definition) is 8. The Morgan fingerprint density at radius 1 is 0.941 bits per heavy atom. The Labute approximate surface area is 196 Å². The number of carbonyl (C=O) groups excluding carboxylic acids is 4. The third-order valence-electron chi connectivity index (χ3n) is 4.78. The van der Waals surface area contributed by atoms with Crippen LogP contribution in [0.1, 0.15) is 31.2 Å². The van der Waals surface area contributed by atoms with Crippen LogP contribution in [0.2, 0.25) is 0 Å². The van der Waals surface area contributed by atoms with Crippen LogP contribution in [-0.2, 0) is 30.4 Å². The molecule has 0 bridgehead atoms. The van der Waals surface area contributed by atoms with Crippen molar-refractivity contribution in [2.24, 2.45) is 17.2 Å². The molecule has 0 saturated carbocycles. The van der Waals surface area contributed by atoms with Gasteiger partial charge in [-0.1, -0.05) is 18.6 Å². The monoisotopic (exact) mass is 480 g/mol. The van der Waals surface area contributed by atoms with Crippen molar-refractivity contribution in [1.29, 1.82) is 0 Å². The molecule has 11 N–H and O–H groups in total. The van der Waals surface area contributed by atoms with E-state index in [0.717, 1.165) is 0 Å². The second kappa shape index (κ2) is 14.4. The zero-order chi connectivity index (χ0) is 25.7. The Hall–Kier alpha value is -3.71. The number of carboxylic acids is 1. The van der Waals surface area contributed by atoms with Crippen LogP contribution in [0.25, 0.3) is 0 Å². The standard InChI is InChI=1S/C21H32N6O7/c22-8-2-1-3-14(23)19(31)25-11-18(30)26-15(10-17(24)29)20(32)27-16(21(33)34)9-12-4-6-13(28)7-5-12/h4-7,14-16,28H,1-3,8-11,22-23H2,(H2,24,29)(H,25,31)(H,26,30)(H,27,32)(H,33,34). The number of phenols is 1. The molecule has 34 heavy (non-hydrogen) atoms. The summed E-state index contributed by atoms with van der Waals surface area (Å²) >= 11 is 0. The van der Waals surface area contributed by atoms with E-state index < -0.39 is 60.7 Å². The molecule has 1 rings (SSSR count). The summed E-state index contributed by atoms with van der Waals surface area (Å²) in [4.78, 5) is 59.8. The number of amides is 4.